The first-order chi connectivity index (χ1) is 36.6. The van der Waals surface area contributed by atoms with Gasteiger partial charge in [-0.25, -0.2) is 15.0 Å². The van der Waals surface area contributed by atoms with Crippen LogP contribution in [0.5, 0.6) is 0 Å². The highest BCUT2D eigenvalue weighted by molar-refractivity contribution is 7.26. The van der Waals surface area contributed by atoms with Crippen LogP contribution in [0.25, 0.3) is 126 Å². The molecule has 0 atom stereocenters. The molecule has 10 aromatic carbocycles. The van der Waals surface area contributed by atoms with Crippen molar-refractivity contribution in [1.82, 2.24) is 19.5 Å². The monoisotopic (exact) mass is 891 g/mol. The lowest BCUT2D eigenvalue weighted by Crippen LogP contribution is -2.03. The van der Waals surface area contributed by atoms with E-state index in [1.54, 1.807) is 22.0 Å². The molecule has 4 nitrogen and oxygen atoms in total. The fourth-order valence-corrected chi connectivity index (χ4v) is 10.6. The smallest absolute Gasteiger partial charge is 0.166 e. The van der Waals surface area contributed by atoms with Gasteiger partial charge in [0.05, 0.1) is 26.3 Å². The minimum atomic E-state index is -0.468. The predicted octanol–water partition coefficient (Wildman–Crippen LogP) is 17.0. The first-order valence-electron chi connectivity index (χ1n) is 25.8. The standard InChI is InChI=1S/C63H40N4S/c1-3-18-41(19-4-1)47-38-48(42-20-5-2-6-21-42)40-49(39-47)43-22-15-24-45(36-43)61-64-62(46-25-16-23-44(37-46)50-30-17-31-54-53-28-10-14-35-59(53)68-60(50)54)66-63(65-61)55-29-9-13-34-58(55)67-56-32-11-7-26-51(56)52-27-8-12-33-57(52)67/h1-40H/i7D,8D,11D,26D,27D,32D,33D. The van der Waals surface area contributed by atoms with E-state index in [4.69, 9.17) is 21.8 Å². The molecule has 5 heteroatoms. The van der Waals surface area contributed by atoms with E-state index in [0.717, 1.165) is 55.6 Å². The van der Waals surface area contributed by atoms with Gasteiger partial charge in [-0.15, -0.1) is 11.3 Å². The van der Waals surface area contributed by atoms with Crippen LogP contribution in [0, 0.1) is 0 Å². The van der Waals surface area contributed by atoms with Crippen molar-refractivity contribution in [1.29, 1.82) is 0 Å². The summed E-state index contributed by atoms with van der Waals surface area (Å²) in [5.41, 5.74) is 11.0. The van der Waals surface area contributed by atoms with E-state index in [1.807, 2.05) is 78.9 Å². The molecule has 0 N–H and O–H groups in total. The Labute approximate surface area is 407 Å². The van der Waals surface area contributed by atoms with Crippen molar-refractivity contribution in [3.63, 3.8) is 0 Å². The first-order valence-corrected chi connectivity index (χ1v) is 23.2. The molecule has 0 fully saturated rings. The normalized spacial score (nSPS) is 13.0. The number of hydrogen-bond donors (Lipinski definition) is 0. The molecule has 3 heterocycles. The first kappa shape index (κ1) is 32.8. The van der Waals surface area contributed by atoms with Crippen molar-refractivity contribution in [2.24, 2.45) is 0 Å². The summed E-state index contributed by atoms with van der Waals surface area (Å²) in [7, 11) is 0. The van der Waals surface area contributed by atoms with Crippen LogP contribution in [0.1, 0.15) is 9.60 Å². The lowest BCUT2D eigenvalue weighted by Gasteiger charge is -2.15. The zero-order valence-corrected chi connectivity index (χ0v) is 37.1. The van der Waals surface area contributed by atoms with E-state index in [2.05, 4.69) is 109 Å². The molecule has 13 rings (SSSR count). The third kappa shape index (κ3) is 6.96. The molecule has 0 aliphatic heterocycles. The van der Waals surface area contributed by atoms with Gasteiger partial charge in [-0.2, -0.15) is 0 Å². The molecule has 0 bridgehead atoms. The fourth-order valence-electron chi connectivity index (χ4n) is 9.35. The second-order valence-electron chi connectivity index (χ2n) is 16.6. The maximum atomic E-state index is 9.28. The zero-order valence-electron chi connectivity index (χ0n) is 43.2. The zero-order chi connectivity index (χ0) is 51.1. The molecule has 0 saturated heterocycles. The Morgan fingerprint density at radius 2 is 0.838 bits per heavy atom. The Bertz CT molecular complexity index is 4400. The third-order valence-corrected chi connectivity index (χ3v) is 13.8. The predicted molar refractivity (Wildman–Crippen MR) is 285 cm³/mol. The van der Waals surface area contributed by atoms with Crippen molar-refractivity contribution in [3.05, 3.63) is 242 Å². The van der Waals surface area contributed by atoms with Gasteiger partial charge >= 0.3 is 0 Å². The number of nitrogens with zero attached hydrogens (tertiary/aromatic N) is 4. The lowest BCUT2D eigenvalue weighted by atomic mass is 9.93. The van der Waals surface area contributed by atoms with Crippen molar-refractivity contribution in [2.75, 3.05) is 0 Å². The number of thiophene rings is 1. The highest BCUT2D eigenvalue weighted by Gasteiger charge is 2.20. The summed E-state index contributed by atoms with van der Waals surface area (Å²) in [6, 6.07) is 64.9. The number of fused-ring (bicyclic) bond motifs is 6. The topological polar surface area (TPSA) is 43.6 Å². The Morgan fingerprint density at radius 3 is 1.59 bits per heavy atom. The van der Waals surface area contributed by atoms with E-state index in [-0.39, 0.29) is 57.8 Å². The fraction of sp³-hybridized carbons (Fsp3) is 0. The van der Waals surface area contributed by atoms with Crippen molar-refractivity contribution >= 4 is 53.3 Å². The van der Waals surface area contributed by atoms with E-state index in [0.29, 0.717) is 22.9 Å². The molecule has 0 unspecified atom stereocenters. The van der Waals surface area contributed by atoms with Crippen LogP contribution < -0.4 is 0 Å². The molecule has 0 radical (unpaired) electrons. The molecule has 13 aromatic rings. The second-order valence-corrected chi connectivity index (χ2v) is 17.7. The molecule has 0 aliphatic rings. The van der Waals surface area contributed by atoms with Crippen molar-refractivity contribution in [3.8, 4) is 84.4 Å². The minimum absolute atomic E-state index is 0.0597. The average Bonchev–Trinajstić information content (AvgIpc) is 4.04. The van der Waals surface area contributed by atoms with Gasteiger partial charge in [-0.05, 0) is 105 Å². The maximum Gasteiger partial charge on any atom is 0.166 e. The van der Waals surface area contributed by atoms with Gasteiger partial charge in [0.1, 0.15) is 0 Å². The third-order valence-electron chi connectivity index (χ3n) is 12.5. The highest BCUT2D eigenvalue weighted by atomic mass is 32.1. The average molecular weight is 892 g/mol. The van der Waals surface area contributed by atoms with Crippen LogP contribution in [0.15, 0.2) is 242 Å². The molecule has 0 amide bonds. The van der Waals surface area contributed by atoms with Crippen LogP contribution in [0.3, 0.4) is 0 Å². The van der Waals surface area contributed by atoms with Gasteiger partial charge < -0.3 is 4.57 Å². The van der Waals surface area contributed by atoms with E-state index >= 15 is 0 Å². The maximum absolute atomic E-state index is 9.28. The Balaban J connectivity index is 1.04. The molecule has 0 aliphatic carbocycles. The minimum Gasteiger partial charge on any atom is -0.309 e. The van der Waals surface area contributed by atoms with Crippen LogP contribution >= 0.6 is 11.3 Å². The summed E-state index contributed by atoms with van der Waals surface area (Å²) in [6.45, 7) is 0. The van der Waals surface area contributed by atoms with Crippen molar-refractivity contribution < 1.29 is 9.60 Å². The summed E-state index contributed by atoms with van der Waals surface area (Å²) < 4.78 is 66.7. The Morgan fingerprint density at radius 1 is 0.338 bits per heavy atom. The highest BCUT2D eigenvalue weighted by Crippen LogP contribution is 2.42. The van der Waals surface area contributed by atoms with Crippen LogP contribution in [0.4, 0.5) is 0 Å². The number of para-hydroxylation sites is 3. The van der Waals surface area contributed by atoms with Crippen molar-refractivity contribution in [2.45, 2.75) is 0 Å². The van der Waals surface area contributed by atoms with E-state index in [1.165, 1.54) is 26.2 Å². The Hall–Kier alpha value is -8.77. The van der Waals surface area contributed by atoms with Crippen LogP contribution in [-0.4, -0.2) is 19.5 Å². The molecule has 0 saturated carbocycles. The number of hydrogen-bond acceptors (Lipinski definition) is 4. The largest absolute Gasteiger partial charge is 0.309 e. The summed E-state index contributed by atoms with van der Waals surface area (Å²) in [5, 5.41) is 2.55. The van der Waals surface area contributed by atoms with Gasteiger partial charge in [0, 0.05) is 47.6 Å². The van der Waals surface area contributed by atoms with E-state index < -0.39 is 12.1 Å². The second kappa shape index (κ2) is 16.6. The van der Waals surface area contributed by atoms with Gasteiger partial charge in [-0.3, -0.25) is 0 Å². The van der Waals surface area contributed by atoms with Gasteiger partial charge in [-0.1, -0.05) is 182 Å². The number of rotatable bonds is 8. The molecular formula is C63H40N4S. The van der Waals surface area contributed by atoms with E-state index in [9.17, 15) is 2.74 Å². The summed E-state index contributed by atoms with van der Waals surface area (Å²) in [6.07, 6.45) is 0. The summed E-state index contributed by atoms with van der Waals surface area (Å²) >= 11 is 1.76. The molecule has 0 spiro atoms. The quantitative estimate of drug-likeness (QED) is 0.153. The molecular weight excluding hydrogens is 845 g/mol. The summed E-state index contributed by atoms with van der Waals surface area (Å²) in [4.78, 5) is 15.8. The number of benzene rings is 10. The van der Waals surface area contributed by atoms with Crippen LogP contribution in [0.2, 0.25) is 0 Å². The SMILES string of the molecule is [2H]c1cc([2H])c2c(c1[2H])c1c([2H])c([2H])c([2H])c([2H])c1n2-c1ccccc1-c1nc(-c2cccc(-c3cc(-c4ccccc4)cc(-c4ccccc4)c3)c2)nc(-c2cccc(-c3cccc4c3sc3ccccc34)c2)n1. The number of aromatic nitrogens is 4. The van der Waals surface area contributed by atoms with Gasteiger partial charge in [0.15, 0.2) is 17.5 Å². The molecule has 3 aromatic heterocycles. The molecule has 68 heavy (non-hydrogen) atoms. The Kier molecular flexibility index (Phi) is 8.00. The molecule has 318 valence electrons. The van der Waals surface area contributed by atoms with Crippen LogP contribution in [-0.2, 0) is 0 Å². The van der Waals surface area contributed by atoms with Gasteiger partial charge in [0.25, 0.3) is 0 Å². The van der Waals surface area contributed by atoms with Gasteiger partial charge in [0.2, 0.25) is 0 Å². The lowest BCUT2D eigenvalue weighted by molar-refractivity contribution is 1.06. The summed E-state index contributed by atoms with van der Waals surface area (Å²) in [5.74, 6) is 1.07.